The molecular weight excluding hydrogens is 475 g/mol. The molecule has 4 rings (SSSR count). The van der Waals surface area contributed by atoms with E-state index in [1.54, 1.807) is 17.7 Å². The van der Waals surface area contributed by atoms with Crippen LogP contribution in [0.5, 0.6) is 0 Å². The molecule has 3 aromatic rings. The number of hydrogen-bond donors (Lipinski definition) is 0. The van der Waals surface area contributed by atoms with Crippen LogP contribution in [0.1, 0.15) is 124 Å². The van der Waals surface area contributed by atoms with Gasteiger partial charge in [0.05, 0.1) is 0 Å². The molecule has 1 aliphatic carbocycles. The second-order valence-electron chi connectivity index (χ2n) is 12.6. The molecule has 3 aromatic carbocycles. The van der Waals surface area contributed by atoms with Crippen LogP contribution >= 0.6 is 0 Å². The van der Waals surface area contributed by atoms with E-state index in [-0.39, 0.29) is 5.82 Å². The van der Waals surface area contributed by atoms with Crippen LogP contribution < -0.4 is 0 Å². The van der Waals surface area contributed by atoms with Gasteiger partial charge < -0.3 is 0 Å². The average Bonchev–Trinajstić information content (AvgIpc) is 3.72. The third-order valence-electron chi connectivity index (χ3n) is 9.25. The van der Waals surface area contributed by atoms with Gasteiger partial charge in [-0.05, 0) is 115 Å². The lowest BCUT2D eigenvalue weighted by atomic mass is 9.87. The van der Waals surface area contributed by atoms with Crippen LogP contribution in [0.3, 0.4) is 0 Å². The van der Waals surface area contributed by atoms with E-state index in [9.17, 15) is 4.39 Å². The van der Waals surface area contributed by atoms with Crippen molar-refractivity contribution in [2.45, 2.75) is 117 Å². The van der Waals surface area contributed by atoms with E-state index < -0.39 is 0 Å². The molecule has 0 spiro atoms. The van der Waals surface area contributed by atoms with Gasteiger partial charge in [-0.15, -0.1) is 0 Å². The fourth-order valence-corrected chi connectivity index (χ4v) is 6.35. The molecule has 0 N–H and O–H groups in total. The standard InChI is InChI=1S/C38H51F/c1-5-28(2)11-9-10-14-35-27-38(35)33-20-16-32(17-21-33)26-30(4)37-24-15-29(3)25-34(37)13-8-6-7-12-31-18-22-36(39)23-19-31/h15-25,28,30,35,38H,5-14,26-27H2,1-4H3. The summed E-state index contributed by atoms with van der Waals surface area (Å²) in [5.74, 6) is 3.00. The molecule has 1 aliphatic rings. The normalized spacial score (nSPS) is 18.2. The Kier molecular flexibility index (Phi) is 11.2. The maximum atomic E-state index is 13.1. The average molecular weight is 527 g/mol. The largest absolute Gasteiger partial charge is 0.207 e. The van der Waals surface area contributed by atoms with Gasteiger partial charge in [0.1, 0.15) is 5.82 Å². The van der Waals surface area contributed by atoms with Crippen molar-refractivity contribution in [3.63, 3.8) is 0 Å². The Morgan fingerprint density at radius 1 is 0.795 bits per heavy atom. The molecule has 0 heterocycles. The summed E-state index contributed by atoms with van der Waals surface area (Å²) >= 11 is 0. The zero-order valence-electron chi connectivity index (χ0n) is 25.0. The smallest absolute Gasteiger partial charge is 0.123 e. The molecule has 210 valence electrons. The molecular formula is C38H51F. The Balaban J connectivity index is 1.23. The van der Waals surface area contributed by atoms with Gasteiger partial charge in [-0.3, -0.25) is 0 Å². The van der Waals surface area contributed by atoms with E-state index >= 15 is 0 Å². The SMILES string of the molecule is CCC(C)CCCCC1CC1c1ccc(CC(C)c2ccc(C)cc2CCCCCc2ccc(F)cc2)cc1. The van der Waals surface area contributed by atoms with Gasteiger partial charge in [0.2, 0.25) is 0 Å². The summed E-state index contributed by atoms with van der Waals surface area (Å²) < 4.78 is 13.1. The maximum Gasteiger partial charge on any atom is 0.123 e. The van der Waals surface area contributed by atoms with Crippen LogP contribution in [0.4, 0.5) is 4.39 Å². The predicted molar refractivity (Wildman–Crippen MR) is 166 cm³/mol. The van der Waals surface area contributed by atoms with Crippen LogP contribution in [0.2, 0.25) is 0 Å². The molecule has 0 radical (unpaired) electrons. The van der Waals surface area contributed by atoms with Crippen LogP contribution in [0, 0.1) is 24.6 Å². The summed E-state index contributed by atoms with van der Waals surface area (Å²) in [7, 11) is 0. The highest BCUT2D eigenvalue weighted by atomic mass is 19.1. The maximum absolute atomic E-state index is 13.1. The Morgan fingerprint density at radius 3 is 2.26 bits per heavy atom. The van der Waals surface area contributed by atoms with Crippen molar-refractivity contribution in [2.24, 2.45) is 11.8 Å². The topological polar surface area (TPSA) is 0 Å². The lowest BCUT2D eigenvalue weighted by Gasteiger charge is -2.18. The van der Waals surface area contributed by atoms with Crippen molar-refractivity contribution in [1.82, 2.24) is 0 Å². The van der Waals surface area contributed by atoms with Crippen LogP contribution in [0.15, 0.2) is 66.7 Å². The van der Waals surface area contributed by atoms with Crippen molar-refractivity contribution in [3.8, 4) is 0 Å². The molecule has 0 aliphatic heterocycles. The third kappa shape index (κ3) is 9.33. The highest BCUT2D eigenvalue weighted by Gasteiger charge is 2.37. The van der Waals surface area contributed by atoms with Crippen LogP contribution in [-0.4, -0.2) is 0 Å². The van der Waals surface area contributed by atoms with Gasteiger partial charge >= 0.3 is 0 Å². The number of rotatable bonds is 16. The zero-order valence-corrected chi connectivity index (χ0v) is 25.0. The fourth-order valence-electron chi connectivity index (χ4n) is 6.35. The second-order valence-corrected chi connectivity index (χ2v) is 12.6. The molecule has 0 nitrogen and oxygen atoms in total. The first-order chi connectivity index (χ1) is 18.9. The number of aryl methyl sites for hydroxylation is 3. The molecule has 39 heavy (non-hydrogen) atoms. The summed E-state index contributed by atoms with van der Waals surface area (Å²) in [4.78, 5) is 0. The Bertz CT molecular complexity index is 1130. The predicted octanol–water partition coefficient (Wildman–Crippen LogP) is 11.1. The van der Waals surface area contributed by atoms with Crippen molar-refractivity contribution < 1.29 is 4.39 Å². The first-order valence-corrected chi connectivity index (χ1v) is 15.9. The van der Waals surface area contributed by atoms with E-state index in [1.807, 2.05) is 12.1 Å². The first-order valence-electron chi connectivity index (χ1n) is 15.9. The van der Waals surface area contributed by atoms with Crippen LogP contribution in [-0.2, 0) is 19.3 Å². The number of hydrogen-bond acceptors (Lipinski definition) is 0. The number of halogens is 1. The second kappa shape index (κ2) is 14.8. The summed E-state index contributed by atoms with van der Waals surface area (Å²) in [5, 5.41) is 0. The van der Waals surface area contributed by atoms with Gasteiger partial charge in [-0.25, -0.2) is 4.39 Å². The Morgan fingerprint density at radius 2 is 1.51 bits per heavy atom. The first kappa shape index (κ1) is 29.6. The molecule has 1 heteroatoms. The lowest BCUT2D eigenvalue weighted by Crippen LogP contribution is -2.04. The van der Waals surface area contributed by atoms with Crippen molar-refractivity contribution in [1.29, 1.82) is 0 Å². The quantitative estimate of drug-likeness (QED) is 0.163. The van der Waals surface area contributed by atoms with E-state index in [4.69, 9.17) is 0 Å². The Labute approximate surface area is 238 Å². The molecule has 1 fully saturated rings. The monoisotopic (exact) mass is 526 g/mol. The van der Waals surface area contributed by atoms with Gasteiger partial charge in [-0.1, -0.05) is 113 Å². The molecule has 0 saturated heterocycles. The van der Waals surface area contributed by atoms with Gasteiger partial charge in [-0.2, -0.15) is 0 Å². The zero-order chi connectivity index (χ0) is 27.6. The van der Waals surface area contributed by atoms with E-state index in [2.05, 4.69) is 70.2 Å². The van der Waals surface area contributed by atoms with Crippen molar-refractivity contribution >= 4 is 0 Å². The van der Waals surface area contributed by atoms with E-state index in [1.165, 1.54) is 79.2 Å². The highest BCUT2D eigenvalue weighted by Crippen LogP contribution is 2.50. The van der Waals surface area contributed by atoms with Crippen molar-refractivity contribution in [3.05, 3.63) is 106 Å². The lowest BCUT2D eigenvalue weighted by molar-refractivity contribution is 0.470. The minimum atomic E-state index is -0.148. The third-order valence-corrected chi connectivity index (χ3v) is 9.25. The molecule has 0 bridgehead atoms. The minimum absolute atomic E-state index is 0.148. The van der Waals surface area contributed by atoms with Crippen LogP contribution in [0.25, 0.3) is 0 Å². The Hall–Kier alpha value is -2.41. The molecule has 4 atom stereocenters. The summed E-state index contributed by atoms with van der Waals surface area (Å²) in [5.41, 5.74) is 8.66. The molecule has 4 unspecified atom stereocenters. The number of unbranched alkanes of at least 4 members (excludes halogenated alkanes) is 3. The van der Waals surface area contributed by atoms with E-state index in [0.717, 1.165) is 43.4 Å². The summed E-state index contributed by atoms with van der Waals surface area (Å²) in [6.45, 7) is 9.31. The summed E-state index contributed by atoms with van der Waals surface area (Å²) in [6.07, 6.45) is 15.2. The highest BCUT2D eigenvalue weighted by molar-refractivity contribution is 5.36. The van der Waals surface area contributed by atoms with Gasteiger partial charge in [0, 0.05) is 0 Å². The minimum Gasteiger partial charge on any atom is -0.207 e. The molecule has 0 aromatic heterocycles. The molecule has 0 amide bonds. The van der Waals surface area contributed by atoms with Crippen molar-refractivity contribution in [2.75, 3.05) is 0 Å². The van der Waals surface area contributed by atoms with E-state index in [0.29, 0.717) is 5.92 Å². The van der Waals surface area contributed by atoms with Gasteiger partial charge in [0.15, 0.2) is 0 Å². The van der Waals surface area contributed by atoms with Gasteiger partial charge in [0.25, 0.3) is 0 Å². The number of benzene rings is 3. The fraction of sp³-hybridized carbons (Fsp3) is 0.526. The molecule has 1 saturated carbocycles. The summed E-state index contributed by atoms with van der Waals surface area (Å²) in [6, 6.07) is 23.7.